The lowest BCUT2D eigenvalue weighted by atomic mass is 10.1. The van der Waals surface area contributed by atoms with E-state index in [1.807, 2.05) is 13.8 Å². The summed E-state index contributed by atoms with van der Waals surface area (Å²) in [5, 5.41) is 12.2. The van der Waals surface area contributed by atoms with E-state index >= 15 is 0 Å². The number of aromatic nitrogens is 2. The first-order chi connectivity index (χ1) is 11.5. The minimum Gasteiger partial charge on any atom is -0.493 e. The summed E-state index contributed by atoms with van der Waals surface area (Å²) in [5.41, 5.74) is -0.533. The summed E-state index contributed by atoms with van der Waals surface area (Å²) in [4.78, 5) is 24.5. The summed E-state index contributed by atoms with van der Waals surface area (Å²) in [6.07, 6.45) is 0. The number of nitrogens with zero attached hydrogens (tertiary/aromatic N) is 2. The van der Waals surface area contributed by atoms with Crippen molar-refractivity contribution in [3.05, 3.63) is 45.3 Å². The molecule has 2 aromatic heterocycles. The minimum atomic E-state index is -0.738. The van der Waals surface area contributed by atoms with Crippen molar-refractivity contribution in [1.82, 2.24) is 10.2 Å². The third-order valence-corrected chi connectivity index (χ3v) is 4.48. The summed E-state index contributed by atoms with van der Waals surface area (Å²) >= 11 is 1.27. The zero-order valence-corrected chi connectivity index (χ0v) is 14.1. The number of anilines is 1. The van der Waals surface area contributed by atoms with E-state index in [2.05, 4.69) is 15.5 Å². The molecule has 0 saturated carbocycles. The van der Waals surface area contributed by atoms with Gasteiger partial charge in [-0.3, -0.25) is 10.1 Å². The van der Waals surface area contributed by atoms with Gasteiger partial charge < -0.3 is 9.15 Å². The number of fused-ring (bicyclic) bond motifs is 1. The molecule has 8 heteroatoms. The number of carbonyl (C=O) groups excluding carboxylic acids is 1. The van der Waals surface area contributed by atoms with Gasteiger partial charge in [0.1, 0.15) is 10.6 Å². The quantitative estimate of drug-likeness (QED) is 0.730. The maximum atomic E-state index is 12.3. The number of methoxy groups -OCH3 is 1. The van der Waals surface area contributed by atoms with Gasteiger partial charge in [0.2, 0.25) is 5.13 Å². The summed E-state index contributed by atoms with van der Waals surface area (Å²) in [7, 11) is 1.48. The predicted octanol–water partition coefficient (Wildman–Crippen LogP) is 3.03. The molecule has 0 aliphatic carbocycles. The molecule has 0 fully saturated rings. The second-order valence-corrected chi connectivity index (χ2v) is 6.39. The lowest BCUT2D eigenvalue weighted by molar-refractivity contribution is 0.102. The van der Waals surface area contributed by atoms with E-state index in [-0.39, 0.29) is 11.5 Å². The Hall–Kier alpha value is -2.74. The molecule has 1 N–H and O–H groups in total. The Labute approximate surface area is 141 Å². The molecule has 7 nitrogen and oxygen atoms in total. The fraction of sp³-hybridized carbons (Fsp3) is 0.250. The molecule has 24 heavy (non-hydrogen) atoms. The Kier molecular flexibility index (Phi) is 4.30. The number of hydrogen-bond acceptors (Lipinski definition) is 7. The first-order valence-corrected chi connectivity index (χ1v) is 8.07. The van der Waals surface area contributed by atoms with Crippen molar-refractivity contribution < 1.29 is 13.9 Å². The van der Waals surface area contributed by atoms with Crippen molar-refractivity contribution in [1.29, 1.82) is 0 Å². The molecule has 0 radical (unpaired) electrons. The van der Waals surface area contributed by atoms with Crippen molar-refractivity contribution >= 4 is 33.3 Å². The van der Waals surface area contributed by atoms with Crippen LogP contribution >= 0.6 is 11.3 Å². The molecule has 3 aromatic rings. The average molecular weight is 345 g/mol. The average Bonchev–Trinajstić information content (AvgIpc) is 3.02. The highest BCUT2D eigenvalue weighted by Gasteiger charge is 2.17. The van der Waals surface area contributed by atoms with Crippen LogP contribution in [0, 0.1) is 0 Å². The molecule has 0 bridgehead atoms. The van der Waals surface area contributed by atoms with Gasteiger partial charge in [-0.05, 0) is 12.1 Å². The number of hydrogen-bond donors (Lipinski definition) is 1. The van der Waals surface area contributed by atoms with E-state index in [0.29, 0.717) is 21.9 Å². The second kappa shape index (κ2) is 6.40. The smallest absolute Gasteiger partial charge is 0.349 e. The van der Waals surface area contributed by atoms with Crippen molar-refractivity contribution in [2.75, 3.05) is 12.4 Å². The number of ether oxygens (including phenoxy) is 1. The van der Waals surface area contributed by atoms with Gasteiger partial charge >= 0.3 is 5.63 Å². The van der Waals surface area contributed by atoms with E-state index in [1.54, 1.807) is 18.2 Å². The van der Waals surface area contributed by atoms with E-state index in [0.717, 1.165) is 5.01 Å². The molecule has 0 atom stereocenters. The number of nitrogens with one attached hydrogen (secondary N) is 1. The van der Waals surface area contributed by atoms with Crippen molar-refractivity contribution in [2.24, 2.45) is 0 Å². The number of benzene rings is 1. The molecular formula is C16H15N3O4S. The standard InChI is InChI=1S/C16H15N3O4S/c1-8(2)14-18-19-16(24-14)17-13(20)10-7-9-5-4-6-11(22-3)12(9)23-15(10)21/h4-8H,1-3H3,(H,17,19,20). The zero-order valence-electron chi connectivity index (χ0n) is 13.3. The molecule has 0 unspecified atom stereocenters. The normalized spacial score (nSPS) is 11.0. The first-order valence-electron chi connectivity index (χ1n) is 7.25. The van der Waals surface area contributed by atoms with Gasteiger partial charge in [-0.15, -0.1) is 10.2 Å². The predicted molar refractivity (Wildman–Crippen MR) is 91.0 cm³/mol. The van der Waals surface area contributed by atoms with Crippen molar-refractivity contribution in [3.8, 4) is 5.75 Å². The maximum Gasteiger partial charge on any atom is 0.349 e. The summed E-state index contributed by atoms with van der Waals surface area (Å²) in [6.45, 7) is 3.97. The van der Waals surface area contributed by atoms with Crippen LogP contribution < -0.4 is 15.7 Å². The van der Waals surface area contributed by atoms with Crippen LogP contribution in [0.25, 0.3) is 11.0 Å². The number of para-hydroxylation sites is 1. The SMILES string of the molecule is COc1cccc2cc(C(=O)Nc3nnc(C(C)C)s3)c(=O)oc12. The third kappa shape index (κ3) is 3.00. The summed E-state index contributed by atoms with van der Waals surface area (Å²) in [5.74, 6) is 0.0635. The van der Waals surface area contributed by atoms with E-state index in [4.69, 9.17) is 9.15 Å². The van der Waals surface area contributed by atoms with Crippen LogP contribution in [0.15, 0.2) is 33.5 Å². The number of carbonyl (C=O) groups is 1. The number of rotatable bonds is 4. The first kappa shape index (κ1) is 16.1. The highest BCUT2D eigenvalue weighted by atomic mass is 32.1. The van der Waals surface area contributed by atoms with Gasteiger partial charge in [0, 0.05) is 11.3 Å². The molecule has 3 rings (SSSR count). The van der Waals surface area contributed by atoms with Gasteiger partial charge in [-0.25, -0.2) is 4.79 Å². The van der Waals surface area contributed by atoms with Gasteiger partial charge in [0.25, 0.3) is 5.91 Å². The molecule has 1 amide bonds. The van der Waals surface area contributed by atoms with Crippen LogP contribution in [-0.4, -0.2) is 23.2 Å². The fourth-order valence-electron chi connectivity index (χ4n) is 2.12. The van der Waals surface area contributed by atoms with Crippen LogP contribution in [0.2, 0.25) is 0 Å². The van der Waals surface area contributed by atoms with Gasteiger partial charge in [-0.2, -0.15) is 0 Å². The Morgan fingerprint density at radius 1 is 1.33 bits per heavy atom. The minimum absolute atomic E-state index is 0.1000. The van der Waals surface area contributed by atoms with E-state index in [1.165, 1.54) is 24.5 Å². The third-order valence-electron chi connectivity index (χ3n) is 3.34. The Morgan fingerprint density at radius 2 is 2.12 bits per heavy atom. The van der Waals surface area contributed by atoms with Gasteiger partial charge in [-0.1, -0.05) is 37.3 Å². The molecule has 2 heterocycles. The number of amides is 1. The lowest BCUT2D eigenvalue weighted by Crippen LogP contribution is -2.20. The summed E-state index contributed by atoms with van der Waals surface area (Å²) in [6, 6.07) is 6.64. The van der Waals surface area contributed by atoms with Gasteiger partial charge in [0.05, 0.1) is 7.11 Å². The molecule has 124 valence electrons. The van der Waals surface area contributed by atoms with Crippen LogP contribution in [-0.2, 0) is 0 Å². The Bertz CT molecular complexity index is 961. The van der Waals surface area contributed by atoms with E-state index < -0.39 is 11.5 Å². The van der Waals surface area contributed by atoms with Crippen molar-refractivity contribution in [3.63, 3.8) is 0 Å². The van der Waals surface area contributed by atoms with Crippen molar-refractivity contribution in [2.45, 2.75) is 19.8 Å². The van der Waals surface area contributed by atoms with Crippen LogP contribution in [0.3, 0.4) is 0 Å². The zero-order chi connectivity index (χ0) is 17.3. The highest BCUT2D eigenvalue weighted by molar-refractivity contribution is 7.15. The molecule has 1 aromatic carbocycles. The molecule has 0 aliphatic rings. The molecule has 0 saturated heterocycles. The lowest BCUT2D eigenvalue weighted by Gasteiger charge is -2.05. The highest BCUT2D eigenvalue weighted by Crippen LogP contribution is 2.25. The topological polar surface area (TPSA) is 94.3 Å². The molecule has 0 spiro atoms. The largest absolute Gasteiger partial charge is 0.493 e. The monoisotopic (exact) mass is 345 g/mol. The van der Waals surface area contributed by atoms with Crippen LogP contribution in [0.5, 0.6) is 5.75 Å². The van der Waals surface area contributed by atoms with E-state index in [9.17, 15) is 9.59 Å². The van der Waals surface area contributed by atoms with Gasteiger partial charge in [0.15, 0.2) is 11.3 Å². The molecular weight excluding hydrogens is 330 g/mol. The van der Waals surface area contributed by atoms with Crippen LogP contribution in [0.4, 0.5) is 5.13 Å². The molecule has 0 aliphatic heterocycles. The fourth-order valence-corrected chi connectivity index (χ4v) is 2.86. The summed E-state index contributed by atoms with van der Waals surface area (Å²) < 4.78 is 10.4. The second-order valence-electron chi connectivity index (χ2n) is 5.38. The Balaban J connectivity index is 1.94. The maximum absolute atomic E-state index is 12.3. The Morgan fingerprint density at radius 3 is 2.79 bits per heavy atom. The van der Waals surface area contributed by atoms with Crippen LogP contribution in [0.1, 0.15) is 35.1 Å².